The zero-order chi connectivity index (χ0) is 20.8. The number of anilines is 2. The predicted molar refractivity (Wildman–Crippen MR) is 109 cm³/mol. The van der Waals surface area contributed by atoms with Crippen molar-refractivity contribution >= 4 is 50.6 Å². The van der Waals surface area contributed by atoms with Crippen molar-refractivity contribution in [3.63, 3.8) is 0 Å². The fourth-order valence-electron chi connectivity index (χ4n) is 2.33. The topological polar surface area (TPSA) is 97.4 Å². The van der Waals surface area contributed by atoms with Gasteiger partial charge in [0.15, 0.2) is 5.13 Å². The van der Waals surface area contributed by atoms with E-state index < -0.39 is 17.7 Å². The number of rotatable bonds is 7. The van der Waals surface area contributed by atoms with E-state index in [1.807, 2.05) is 0 Å². The highest BCUT2D eigenvalue weighted by atomic mass is 32.1. The lowest BCUT2D eigenvalue weighted by Gasteiger charge is -2.05. The molecule has 3 aromatic rings. The van der Waals surface area contributed by atoms with Crippen LogP contribution in [0.5, 0.6) is 0 Å². The molecular formula is C19H16FN3O4S2. The van der Waals surface area contributed by atoms with Gasteiger partial charge in [-0.05, 0) is 42.6 Å². The highest BCUT2D eigenvalue weighted by Gasteiger charge is 2.17. The van der Waals surface area contributed by atoms with Gasteiger partial charge in [0.25, 0.3) is 5.91 Å². The predicted octanol–water partition coefficient (Wildman–Crippen LogP) is 3.95. The molecule has 2 amide bonds. The van der Waals surface area contributed by atoms with E-state index in [2.05, 4.69) is 15.6 Å². The number of hydrogen-bond donors (Lipinski definition) is 2. The standard InChI is InChI=1S/C19H16FN3O4S2/c1-2-27-18(26)14-7-8-28-17(14)22-15(24)9-13-10-29-19(21-13)23-16(25)11-3-5-12(20)6-4-11/h3-8,10H,2,9H2,1H3,(H,22,24)(H,21,23,25). The minimum atomic E-state index is -0.497. The number of carbonyl (C=O) groups is 3. The first-order valence-corrected chi connectivity index (χ1v) is 10.3. The molecule has 2 heterocycles. The molecule has 2 aromatic heterocycles. The maximum atomic E-state index is 12.9. The summed E-state index contributed by atoms with van der Waals surface area (Å²) in [5, 5.41) is 9.37. The molecule has 0 saturated carbocycles. The third kappa shape index (κ3) is 5.46. The molecular weight excluding hydrogens is 417 g/mol. The van der Waals surface area contributed by atoms with Crippen LogP contribution in [0.15, 0.2) is 41.1 Å². The molecule has 3 rings (SSSR count). The summed E-state index contributed by atoms with van der Waals surface area (Å²) in [7, 11) is 0. The maximum absolute atomic E-state index is 12.9. The van der Waals surface area contributed by atoms with Crippen molar-refractivity contribution < 1.29 is 23.5 Å². The molecule has 10 heteroatoms. The van der Waals surface area contributed by atoms with Crippen LogP contribution in [-0.4, -0.2) is 29.4 Å². The van der Waals surface area contributed by atoms with Gasteiger partial charge < -0.3 is 10.1 Å². The Kier molecular flexibility index (Phi) is 6.68. The molecule has 0 unspecified atom stereocenters. The van der Waals surface area contributed by atoms with Crippen LogP contribution < -0.4 is 10.6 Å². The van der Waals surface area contributed by atoms with Crippen LogP contribution in [0.2, 0.25) is 0 Å². The first-order chi connectivity index (χ1) is 14.0. The summed E-state index contributed by atoms with van der Waals surface area (Å²) in [5.74, 6) is -1.70. The fraction of sp³-hybridized carbons (Fsp3) is 0.158. The molecule has 0 radical (unpaired) electrons. The Labute approximate surface area is 173 Å². The van der Waals surface area contributed by atoms with Gasteiger partial charge >= 0.3 is 5.97 Å². The molecule has 0 aliphatic rings. The van der Waals surface area contributed by atoms with Crippen molar-refractivity contribution in [2.24, 2.45) is 0 Å². The van der Waals surface area contributed by atoms with Gasteiger partial charge in [-0.15, -0.1) is 22.7 Å². The Balaban J connectivity index is 1.58. The molecule has 7 nitrogen and oxygen atoms in total. The Morgan fingerprint density at radius 2 is 1.86 bits per heavy atom. The number of amides is 2. The molecule has 0 atom stereocenters. The molecule has 0 spiro atoms. The summed E-state index contributed by atoms with van der Waals surface area (Å²) in [6.45, 7) is 1.95. The third-order valence-electron chi connectivity index (χ3n) is 3.63. The second kappa shape index (κ2) is 9.39. The monoisotopic (exact) mass is 433 g/mol. The summed E-state index contributed by atoms with van der Waals surface area (Å²) in [6.07, 6.45) is -0.0247. The Hall–Kier alpha value is -3.11. The number of thiazole rings is 1. The first-order valence-electron chi connectivity index (χ1n) is 8.52. The number of thiophene rings is 1. The van der Waals surface area contributed by atoms with Crippen molar-refractivity contribution in [2.45, 2.75) is 13.3 Å². The van der Waals surface area contributed by atoms with Gasteiger partial charge in [0.1, 0.15) is 10.8 Å². The lowest BCUT2D eigenvalue weighted by atomic mass is 10.2. The largest absolute Gasteiger partial charge is 0.462 e. The molecule has 150 valence electrons. The zero-order valence-electron chi connectivity index (χ0n) is 15.2. The second-order valence-corrected chi connectivity index (χ2v) is 7.49. The number of aromatic nitrogens is 1. The van der Waals surface area contributed by atoms with Gasteiger partial charge in [0.2, 0.25) is 5.91 Å². The summed E-state index contributed by atoms with van der Waals surface area (Å²) >= 11 is 2.39. The van der Waals surface area contributed by atoms with Crippen molar-refractivity contribution in [3.05, 3.63) is 63.7 Å². The van der Waals surface area contributed by atoms with E-state index in [1.165, 1.54) is 46.9 Å². The molecule has 0 fully saturated rings. The number of hydrogen-bond acceptors (Lipinski definition) is 7. The number of esters is 1. The average Bonchev–Trinajstić information content (AvgIpc) is 3.32. The number of benzene rings is 1. The molecule has 0 saturated heterocycles. The van der Waals surface area contributed by atoms with E-state index in [1.54, 1.807) is 23.8 Å². The van der Waals surface area contributed by atoms with Crippen LogP contribution in [0.4, 0.5) is 14.5 Å². The van der Waals surface area contributed by atoms with Crippen LogP contribution in [0.1, 0.15) is 33.3 Å². The van der Waals surface area contributed by atoms with Crippen LogP contribution in [0.3, 0.4) is 0 Å². The van der Waals surface area contributed by atoms with Crippen LogP contribution >= 0.6 is 22.7 Å². The van der Waals surface area contributed by atoms with E-state index in [9.17, 15) is 18.8 Å². The molecule has 2 N–H and O–H groups in total. The molecule has 0 aliphatic heterocycles. The Morgan fingerprint density at radius 1 is 1.10 bits per heavy atom. The Morgan fingerprint density at radius 3 is 2.59 bits per heavy atom. The smallest absolute Gasteiger partial charge is 0.341 e. The average molecular weight is 433 g/mol. The van der Waals surface area contributed by atoms with Gasteiger partial charge in [0.05, 0.1) is 24.3 Å². The van der Waals surface area contributed by atoms with E-state index >= 15 is 0 Å². The van der Waals surface area contributed by atoms with Crippen LogP contribution in [-0.2, 0) is 16.0 Å². The SMILES string of the molecule is CCOC(=O)c1ccsc1NC(=O)Cc1csc(NC(=O)c2ccc(F)cc2)n1. The lowest BCUT2D eigenvalue weighted by molar-refractivity contribution is -0.115. The van der Waals surface area contributed by atoms with Crippen molar-refractivity contribution in [1.82, 2.24) is 4.98 Å². The van der Waals surface area contributed by atoms with Crippen LogP contribution in [0.25, 0.3) is 0 Å². The highest BCUT2D eigenvalue weighted by molar-refractivity contribution is 7.15. The zero-order valence-corrected chi connectivity index (χ0v) is 16.9. The fourth-order valence-corrected chi connectivity index (χ4v) is 3.82. The van der Waals surface area contributed by atoms with Crippen molar-refractivity contribution in [3.8, 4) is 0 Å². The number of nitrogens with zero attached hydrogens (tertiary/aromatic N) is 1. The van der Waals surface area contributed by atoms with Gasteiger partial charge in [-0.2, -0.15) is 0 Å². The molecule has 0 bridgehead atoms. The lowest BCUT2D eigenvalue weighted by Crippen LogP contribution is -2.16. The van der Waals surface area contributed by atoms with Crippen LogP contribution in [0, 0.1) is 5.82 Å². The minimum absolute atomic E-state index is 0.0247. The van der Waals surface area contributed by atoms with Gasteiger partial charge in [-0.25, -0.2) is 14.2 Å². The summed E-state index contributed by atoms with van der Waals surface area (Å²) in [6, 6.07) is 6.72. The number of carbonyl (C=O) groups excluding carboxylic acids is 3. The number of ether oxygens (including phenoxy) is 1. The quantitative estimate of drug-likeness (QED) is 0.550. The Bertz CT molecular complexity index is 1030. The van der Waals surface area contributed by atoms with E-state index in [0.717, 1.165) is 0 Å². The van der Waals surface area contributed by atoms with E-state index in [4.69, 9.17) is 4.74 Å². The second-order valence-electron chi connectivity index (χ2n) is 5.71. The summed E-state index contributed by atoms with van der Waals surface area (Å²) < 4.78 is 17.9. The first kappa shape index (κ1) is 20.6. The number of halogens is 1. The van der Waals surface area contributed by atoms with Gasteiger partial charge in [-0.3, -0.25) is 14.9 Å². The molecule has 29 heavy (non-hydrogen) atoms. The summed E-state index contributed by atoms with van der Waals surface area (Å²) in [5.41, 5.74) is 1.07. The van der Waals surface area contributed by atoms with Crippen molar-refractivity contribution in [2.75, 3.05) is 17.2 Å². The maximum Gasteiger partial charge on any atom is 0.341 e. The normalized spacial score (nSPS) is 10.4. The van der Waals surface area contributed by atoms with Gasteiger partial charge in [-0.1, -0.05) is 0 Å². The minimum Gasteiger partial charge on any atom is -0.462 e. The van der Waals surface area contributed by atoms with Crippen molar-refractivity contribution in [1.29, 1.82) is 0 Å². The van der Waals surface area contributed by atoms with E-state index in [-0.39, 0.29) is 18.9 Å². The highest BCUT2D eigenvalue weighted by Crippen LogP contribution is 2.24. The van der Waals surface area contributed by atoms with E-state index in [0.29, 0.717) is 27.0 Å². The summed E-state index contributed by atoms with van der Waals surface area (Å²) in [4.78, 5) is 40.5. The van der Waals surface area contributed by atoms with Gasteiger partial charge in [0, 0.05) is 10.9 Å². The number of nitrogens with one attached hydrogen (secondary N) is 2. The molecule has 0 aliphatic carbocycles. The third-order valence-corrected chi connectivity index (χ3v) is 5.27. The molecule has 1 aromatic carbocycles.